The third-order valence-corrected chi connectivity index (χ3v) is 4.40. The molecule has 0 fully saturated rings. The number of thiazole rings is 1. The Labute approximate surface area is 110 Å². The summed E-state index contributed by atoms with van der Waals surface area (Å²) in [4.78, 5) is 4.63. The summed E-state index contributed by atoms with van der Waals surface area (Å²) in [6, 6.07) is 10.6. The average Bonchev–Trinajstić information content (AvgIpc) is 2.78. The third-order valence-electron chi connectivity index (χ3n) is 2.20. The predicted molar refractivity (Wildman–Crippen MR) is 77.4 cm³/mol. The molecule has 0 amide bonds. The molecule has 1 atom stereocenters. The fourth-order valence-electron chi connectivity index (χ4n) is 1.44. The van der Waals surface area contributed by atoms with Gasteiger partial charge in [0.15, 0.2) is 0 Å². The standard InChI is InChI=1S/C13H16N2S2/c1-10(14)7-16-8-12-9-17-13(15-12)11-5-3-2-4-6-11/h2-6,9-10H,7-8,14H2,1H3. The maximum absolute atomic E-state index is 5.71. The number of benzene rings is 1. The number of hydrogen-bond donors (Lipinski definition) is 1. The molecule has 2 aromatic rings. The highest BCUT2D eigenvalue weighted by Gasteiger charge is 2.04. The Bertz CT molecular complexity index is 451. The van der Waals surface area contributed by atoms with E-state index in [0.29, 0.717) is 0 Å². The first-order valence-corrected chi connectivity index (χ1v) is 7.62. The largest absolute Gasteiger partial charge is 0.327 e. The van der Waals surface area contributed by atoms with Crippen LogP contribution < -0.4 is 5.73 Å². The van der Waals surface area contributed by atoms with Gasteiger partial charge in [0.05, 0.1) is 5.69 Å². The molecule has 0 aliphatic carbocycles. The Morgan fingerprint density at radius 2 is 2.12 bits per heavy atom. The van der Waals surface area contributed by atoms with Crippen molar-refractivity contribution in [1.29, 1.82) is 0 Å². The van der Waals surface area contributed by atoms with Crippen LogP contribution >= 0.6 is 23.1 Å². The lowest BCUT2D eigenvalue weighted by atomic mass is 10.2. The van der Waals surface area contributed by atoms with Crippen molar-refractivity contribution in [3.05, 3.63) is 41.4 Å². The van der Waals surface area contributed by atoms with Crippen molar-refractivity contribution in [2.45, 2.75) is 18.7 Å². The third kappa shape index (κ3) is 3.84. The molecule has 0 bridgehead atoms. The molecule has 17 heavy (non-hydrogen) atoms. The summed E-state index contributed by atoms with van der Waals surface area (Å²) in [6.45, 7) is 2.03. The first-order chi connectivity index (χ1) is 8.25. The van der Waals surface area contributed by atoms with Gasteiger partial charge in [0.25, 0.3) is 0 Å². The van der Waals surface area contributed by atoms with Gasteiger partial charge in [-0.2, -0.15) is 11.8 Å². The van der Waals surface area contributed by atoms with E-state index in [1.807, 2.05) is 36.9 Å². The number of thioether (sulfide) groups is 1. The molecule has 0 radical (unpaired) electrons. The molecule has 4 heteroatoms. The lowest BCUT2D eigenvalue weighted by molar-refractivity contribution is 0.847. The number of hydrogen-bond acceptors (Lipinski definition) is 4. The maximum atomic E-state index is 5.71. The van der Waals surface area contributed by atoms with E-state index in [9.17, 15) is 0 Å². The molecular weight excluding hydrogens is 248 g/mol. The molecule has 1 aromatic carbocycles. The van der Waals surface area contributed by atoms with Crippen LogP contribution in [-0.2, 0) is 5.75 Å². The van der Waals surface area contributed by atoms with Gasteiger partial charge in [-0.3, -0.25) is 0 Å². The fourth-order valence-corrected chi connectivity index (χ4v) is 3.21. The number of aromatic nitrogens is 1. The maximum Gasteiger partial charge on any atom is 0.123 e. The van der Waals surface area contributed by atoms with Crippen LogP contribution in [0.4, 0.5) is 0 Å². The van der Waals surface area contributed by atoms with E-state index >= 15 is 0 Å². The number of rotatable bonds is 5. The van der Waals surface area contributed by atoms with Gasteiger partial charge in [0.1, 0.15) is 5.01 Å². The van der Waals surface area contributed by atoms with Gasteiger partial charge in [0.2, 0.25) is 0 Å². The van der Waals surface area contributed by atoms with Gasteiger partial charge in [-0.05, 0) is 6.92 Å². The quantitative estimate of drug-likeness (QED) is 0.899. The van der Waals surface area contributed by atoms with E-state index in [-0.39, 0.29) is 6.04 Å². The lowest BCUT2D eigenvalue weighted by Crippen LogP contribution is -2.17. The summed E-state index contributed by atoms with van der Waals surface area (Å²) >= 11 is 3.55. The smallest absolute Gasteiger partial charge is 0.123 e. The topological polar surface area (TPSA) is 38.9 Å². The molecule has 2 N–H and O–H groups in total. The Balaban J connectivity index is 1.97. The van der Waals surface area contributed by atoms with Crippen molar-refractivity contribution in [1.82, 2.24) is 4.98 Å². The summed E-state index contributed by atoms with van der Waals surface area (Å²) in [6.07, 6.45) is 0. The Morgan fingerprint density at radius 3 is 2.82 bits per heavy atom. The monoisotopic (exact) mass is 264 g/mol. The summed E-state index contributed by atoms with van der Waals surface area (Å²) in [5.41, 5.74) is 8.06. The SMILES string of the molecule is CC(N)CSCc1csc(-c2ccccc2)n1. The molecule has 2 nitrogen and oxygen atoms in total. The van der Waals surface area contributed by atoms with Crippen molar-refractivity contribution in [3.63, 3.8) is 0 Å². The minimum absolute atomic E-state index is 0.257. The van der Waals surface area contributed by atoms with E-state index in [1.165, 1.54) is 5.56 Å². The molecule has 0 saturated heterocycles. The van der Waals surface area contributed by atoms with Crippen molar-refractivity contribution in [2.24, 2.45) is 5.73 Å². The summed E-state index contributed by atoms with van der Waals surface area (Å²) in [5.74, 6) is 1.93. The normalized spacial score (nSPS) is 12.6. The van der Waals surface area contributed by atoms with Crippen LogP contribution in [0.15, 0.2) is 35.7 Å². The van der Waals surface area contributed by atoms with Crippen LogP contribution in [0, 0.1) is 0 Å². The van der Waals surface area contributed by atoms with Crippen LogP contribution in [0.3, 0.4) is 0 Å². The van der Waals surface area contributed by atoms with Crippen LogP contribution in [-0.4, -0.2) is 16.8 Å². The molecular formula is C13H16N2S2. The van der Waals surface area contributed by atoms with Gasteiger partial charge < -0.3 is 5.73 Å². The highest BCUT2D eigenvalue weighted by Crippen LogP contribution is 2.25. The van der Waals surface area contributed by atoms with Gasteiger partial charge in [-0.1, -0.05) is 30.3 Å². The lowest BCUT2D eigenvalue weighted by Gasteiger charge is -2.02. The molecule has 0 spiro atoms. The van der Waals surface area contributed by atoms with E-state index < -0.39 is 0 Å². The van der Waals surface area contributed by atoms with Crippen molar-refractivity contribution >= 4 is 23.1 Å². The average molecular weight is 264 g/mol. The van der Waals surface area contributed by atoms with Crippen LogP contribution in [0.1, 0.15) is 12.6 Å². The Morgan fingerprint density at radius 1 is 1.35 bits per heavy atom. The van der Waals surface area contributed by atoms with Gasteiger partial charge in [-0.15, -0.1) is 11.3 Å². The molecule has 2 rings (SSSR count). The molecule has 1 aromatic heterocycles. The first-order valence-electron chi connectivity index (χ1n) is 5.59. The van der Waals surface area contributed by atoms with E-state index in [4.69, 9.17) is 5.73 Å². The van der Waals surface area contributed by atoms with Crippen LogP contribution in [0.5, 0.6) is 0 Å². The first kappa shape index (κ1) is 12.6. The molecule has 90 valence electrons. The van der Waals surface area contributed by atoms with E-state index in [2.05, 4.69) is 22.5 Å². The second-order valence-electron chi connectivity index (χ2n) is 4.00. The minimum atomic E-state index is 0.257. The number of nitrogens with zero attached hydrogens (tertiary/aromatic N) is 1. The Hall–Kier alpha value is -0.840. The van der Waals surface area contributed by atoms with Gasteiger partial charge in [-0.25, -0.2) is 4.98 Å². The highest BCUT2D eigenvalue weighted by atomic mass is 32.2. The van der Waals surface area contributed by atoms with E-state index in [0.717, 1.165) is 22.2 Å². The predicted octanol–water partition coefficient (Wildman–Crippen LogP) is 3.39. The van der Waals surface area contributed by atoms with Crippen LogP contribution in [0.2, 0.25) is 0 Å². The minimum Gasteiger partial charge on any atom is -0.327 e. The van der Waals surface area contributed by atoms with Crippen molar-refractivity contribution in [3.8, 4) is 10.6 Å². The van der Waals surface area contributed by atoms with Gasteiger partial charge in [0, 0.05) is 28.5 Å². The van der Waals surface area contributed by atoms with Gasteiger partial charge >= 0.3 is 0 Å². The fraction of sp³-hybridized carbons (Fsp3) is 0.308. The molecule has 1 unspecified atom stereocenters. The van der Waals surface area contributed by atoms with Crippen LogP contribution in [0.25, 0.3) is 10.6 Å². The second-order valence-corrected chi connectivity index (χ2v) is 5.89. The van der Waals surface area contributed by atoms with E-state index in [1.54, 1.807) is 11.3 Å². The van der Waals surface area contributed by atoms with Crippen molar-refractivity contribution in [2.75, 3.05) is 5.75 Å². The summed E-state index contributed by atoms with van der Waals surface area (Å²) < 4.78 is 0. The highest BCUT2D eigenvalue weighted by molar-refractivity contribution is 7.98. The zero-order valence-corrected chi connectivity index (χ0v) is 11.4. The second kappa shape index (κ2) is 6.19. The molecule has 0 aliphatic heterocycles. The summed E-state index contributed by atoms with van der Waals surface area (Å²) in [7, 11) is 0. The molecule has 0 aliphatic rings. The zero-order chi connectivity index (χ0) is 12.1. The Kier molecular flexibility index (Phi) is 4.59. The summed E-state index contributed by atoms with van der Waals surface area (Å²) in [5, 5.41) is 3.23. The number of nitrogens with two attached hydrogens (primary N) is 1. The zero-order valence-electron chi connectivity index (χ0n) is 9.80. The molecule has 0 saturated carbocycles. The van der Waals surface area contributed by atoms with Crippen molar-refractivity contribution < 1.29 is 0 Å². The molecule has 1 heterocycles.